The Bertz CT molecular complexity index is 1370. The van der Waals surface area contributed by atoms with Crippen LogP contribution in [0.25, 0.3) is 5.69 Å². The Labute approximate surface area is 219 Å². The van der Waals surface area contributed by atoms with E-state index < -0.39 is 0 Å². The quantitative estimate of drug-likeness (QED) is 0.252. The van der Waals surface area contributed by atoms with Crippen LogP contribution in [0, 0.1) is 20.8 Å². The van der Waals surface area contributed by atoms with Crippen LogP contribution in [0.4, 0.5) is 10.5 Å². The summed E-state index contributed by atoms with van der Waals surface area (Å²) >= 11 is 14.2. The van der Waals surface area contributed by atoms with E-state index in [1.807, 2.05) is 54.8 Å². The van der Waals surface area contributed by atoms with Crippen molar-refractivity contribution in [2.24, 2.45) is 0 Å². The zero-order chi connectivity index (χ0) is 24.9. The summed E-state index contributed by atoms with van der Waals surface area (Å²) in [7, 11) is 0. The molecule has 35 heavy (non-hydrogen) atoms. The number of benzene rings is 3. The van der Waals surface area contributed by atoms with Gasteiger partial charge in [0, 0.05) is 16.5 Å². The van der Waals surface area contributed by atoms with Crippen LogP contribution >= 0.6 is 35.0 Å². The summed E-state index contributed by atoms with van der Waals surface area (Å²) in [6.07, 6.45) is 0. The van der Waals surface area contributed by atoms with Crippen LogP contribution in [-0.4, -0.2) is 20.8 Å². The first kappa shape index (κ1) is 25.1. The van der Waals surface area contributed by atoms with Gasteiger partial charge in [0.2, 0.25) is 0 Å². The van der Waals surface area contributed by atoms with E-state index in [4.69, 9.17) is 23.2 Å². The highest BCUT2D eigenvalue weighted by Gasteiger charge is 2.18. The molecule has 9 heteroatoms. The zero-order valence-corrected chi connectivity index (χ0v) is 21.9. The molecular weight excluding hydrogens is 501 g/mol. The van der Waals surface area contributed by atoms with Gasteiger partial charge < -0.3 is 10.6 Å². The van der Waals surface area contributed by atoms with Gasteiger partial charge in [0.25, 0.3) is 0 Å². The first-order valence-electron chi connectivity index (χ1n) is 11.0. The van der Waals surface area contributed by atoms with Crippen molar-refractivity contribution >= 4 is 46.7 Å². The summed E-state index contributed by atoms with van der Waals surface area (Å²) in [6.45, 7) is 6.23. The van der Waals surface area contributed by atoms with E-state index in [0.717, 1.165) is 22.6 Å². The number of hydrogen-bond acceptors (Lipinski definition) is 4. The van der Waals surface area contributed by atoms with E-state index in [1.165, 1.54) is 11.1 Å². The van der Waals surface area contributed by atoms with Crippen LogP contribution in [0.15, 0.2) is 65.8 Å². The molecule has 0 bridgehead atoms. The number of anilines is 1. The Morgan fingerprint density at radius 2 is 1.74 bits per heavy atom. The number of nitrogens with zero attached hydrogens (tertiary/aromatic N) is 3. The molecule has 4 rings (SSSR count). The maximum Gasteiger partial charge on any atom is 0.319 e. The number of aryl methyl sites for hydroxylation is 2. The maximum absolute atomic E-state index is 12.6. The lowest BCUT2D eigenvalue weighted by atomic mass is 10.1. The molecular formula is C26H25Cl2N5OS. The number of rotatable bonds is 7. The largest absolute Gasteiger partial charge is 0.331 e. The van der Waals surface area contributed by atoms with E-state index >= 15 is 0 Å². The molecule has 3 aromatic carbocycles. The number of carbonyl (C=O) groups is 1. The van der Waals surface area contributed by atoms with Crippen molar-refractivity contribution in [3.8, 4) is 5.69 Å². The molecule has 0 radical (unpaired) electrons. The minimum atomic E-state index is -0.329. The summed E-state index contributed by atoms with van der Waals surface area (Å²) in [5.41, 5.74) is 6.01. The van der Waals surface area contributed by atoms with E-state index in [9.17, 15) is 4.79 Å². The van der Waals surface area contributed by atoms with E-state index in [2.05, 4.69) is 39.9 Å². The fourth-order valence-corrected chi connectivity index (χ4v) is 5.07. The van der Waals surface area contributed by atoms with Crippen molar-refractivity contribution in [1.82, 2.24) is 20.1 Å². The second-order valence-corrected chi connectivity index (χ2v) is 9.89. The van der Waals surface area contributed by atoms with Gasteiger partial charge in [0.15, 0.2) is 11.0 Å². The molecule has 0 aliphatic rings. The number of urea groups is 1. The number of halogens is 2. The van der Waals surface area contributed by atoms with Crippen LogP contribution in [0.3, 0.4) is 0 Å². The second-order valence-electron chi connectivity index (χ2n) is 8.10. The number of hydrogen-bond donors (Lipinski definition) is 2. The Hall–Kier alpha value is -3.00. The normalized spacial score (nSPS) is 10.9. The number of thioether (sulfide) groups is 1. The molecule has 2 N–H and O–H groups in total. The molecule has 0 saturated heterocycles. The van der Waals surface area contributed by atoms with Gasteiger partial charge in [-0.15, -0.1) is 10.2 Å². The summed E-state index contributed by atoms with van der Waals surface area (Å²) in [4.78, 5) is 12.6. The third kappa shape index (κ3) is 5.99. The molecule has 1 aromatic heterocycles. The number of aromatic nitrogens is 3. The van der Waals surface area contributed by atoms with Gasteiger partial charge in [-0.2, -0.15) is 0 Å². The molecule has 2 amide bonds. The summed E-state index contributed by atoms with van der Waals surface area (Å²) < 4.78 is 1.86. The summed E-state index contributed by atoms with van der Waals surface area (Å²) in [5, 5.41) is 16.2. The van der Waals surface area contributed by atoms with E-state index in [1.54, 1.807) is 23.9 Å². The van der Waals surface area contributed by atoms with Crippen molar-refractivity contribution in [2.75, 3.05) is 5.32 Å². The van der Waals surface area contributed by atoms with Gasteiger partial charge >= 0.3 is 6.03 Å². The van der Waals surface area contributed by atoms with Crippen molar-refractivity contribution in [3.63, 3.8) is 0 Å². The van der Waals surface area contributed by atoms with Crippen LogP contribution in [-0.2, 0) is 12.3 Å². The van der Waals surface area contributed by atoms with Gasteiger partial charge in [-0.1, -0.05) is 71.4 Å². The topological polar surface area (TPSA) is 71.8 Å². The Morgan fingerprint density at radius 3 is 2.51 bits per heavy atom. The summed E-state index contributed by atoms with van der Waals surface area (Å²) in [6, 6.07) is 19.0. The van der Waals surface area contributed by atoms with Crippen LogP contribution < -0.4 is 10.6 Å². The second kappa shape index (κ2) is 11.2. The smallest absolute Gasteiger partial charge is 0.319 e. The molecule has 0 aliphatic heterocycles. The third-order valence-electron chi connectivity index (χ3n) is 5.73. The lowest BCUT2D eigenvalue weighted by Gasteiger charge is -2.14. The number of amides is 2. The number of nitrogens with one attached hydrogen (secondary N) is 2. The Balaban J connectivity index is 1.57. The molecule has 0 saturated carbocycles. The van der Waals surface area contributed by atoms with E-state index in [0.29, 0.717) is 26.7 Å². The predicted molar refractivity (Wildman–Crippen MR) is 144 cm³/mol. The molecule has 6 nitrogen and oxygen atoms in total. The minimum absolute atomic E-state index is 0.160. The van der Waals surface area contributed by atoms with Crippen LogP contribution in [0.2, 0.25) is 10.0 Å². The fraction of sp³-hybridized carbons (Fsp3) is 0.192. The Kier molecular flexibility index (Phi) is 8.00. The molecule has 0 unspecified atom stereocenters. The van der Waals surface area contributed by atoms with Gasteiger partial charge in [-0.05, 0) is 67.3 Å². The molecule has 4 aromatic rings. The van der Waals surface area contributed by atoms with Crippen molar-refractivity contribution in [1.29, 1.82) is 0 Å². The SMILES string of the molecule is Cc1ccccc1CSc1nnc(CNC(=O)Nc2cccc(C)c2C)n1-c1ccc(Cl)cc1Cl. The van der Waals surface area contributed by atoms with Gasteiger partial charge in [0.1, 0.15) is 0 Å². The first-order chi connectivity index (χ1) is 16.8. The average molecular weight is 526 g/mol. The molecule has 1 heterocycles. The predicted octanol–water partition coefficient (Wildman–Crippen LogP) is 7.11. The summed E-state index contributed by atoms with van der Waals surface area (Å²) in [5.74, 6) is 1.27. The number of carbonyl (C=O) groups excluding carboxylic acids is 1. The highest BCUT2D eigenvalue weighted by Crippen LogP contribution is 2.31. The van der Waals surface area contributed by atoms with Crippen LogP contribution in [0.5, 0.6) is 0 Å². The lowest BCUT2D eigenvalue weighted by Crippen LogP contribution is -2.29. The first-order valence-corrected chi connectivity index (χ1v) is 12.8. The fourth-order valence-electron chi connectivity index (χ4n) is 3.54. The van der Waals surface area contributed by atoms with Gasteiger partial charge in [-0.25, -0.2) is 4.79 Å². The zero-order valence-electron chi connectivity index (χ0n) is 19.6. The molecule has 0 fully saturated rings. The molecule has 0 spiro atoms. The molecule has 180 valence electrons. The Morgan fingerprint density at radius 1 is 0.971 bits per heavy atom. The standard InChI is InChI=1S/C26H25Cl2N5OS/c1-16-8-6-10-22(18(16)3)30-25(34)29-14-24-31-32-26(35-15-19-9-5-4-7-17(19)2)33(24)23-12-11-20(27)13-21(23)28/h4-13H,14-15H2,1-3H3,(H2,29,30,34). The lowest BCUT2D eigenvalue weighted by molar-refractivity contribution is 0.251. The van der Waals surface area contributed by atoms with Crippen molar-refractivity contribution in [3.05, 3.63) is 98.8 Å². The van der Waals surface area contributed by atoms with Crippen molar-refractivity contribution < 1.29 is 4.79 Å². The van der Waals surface area contributed by atoms with Crippen LogP contribution in [0.1, 0.15) is 28.1 Å². The molecule has 0 aliphatic carbocycles. The highest BCUT2D eigenvalue weighted by atomic mass is 35.5. The minimum Gasteiger partial charge on any atom is -0.331 e. The van der Waals surface area contributed by atoms with E-state index in [-0.39, 0.29) is 12.6 Å². The monoisotopic (exact) mass is 525 g/mol. The van der Waals surface area contributed by atoms with Gasteiger partial charge in [-0.3, -0.25) is 4.57 Å². The molecule has 0 atom stereocenters. The third-order valence-corrected chi connectivity index (χ3v) is 7.24. The van der Waals surface area contributed by atoms with Gasteiger partial charge in [0.05, 0.1) is 17.3 Å². The van der Waals surface area contributed by atoms with Crippen molar-refractivity contribution in [2.45, 2.75) is 38.2 Å². The highest BCUT2D eigenvalue weighted by molar-refractivity contribution is 7.98. The average Bonchev–Trinajstić information content (AvgIpc) is 3.23. The maximum atomic E-state index is 12.6.